The molecule has 2 aliphatic rings. The van der Waals surface area contributed by atoms with Gasteiger partial charge in [0.25, 0.3) is 0 Å². The molecule has 2 saturated carbocycles. The molecule has 0 spiro atoms. The standard InChI is InChI=1S/C13H24N2O/c1-12(2)6-3-5-10(9-12)15-11(16)13(14)7-4-8-13/h10H,3-9,14H2,1-2H3,(H,15,16). The highest BCUT2D eigenvalue weighted by molar-refractivity contribution is 5.87. The van der Waals surface area contributed by atoms with Crippen LogP contribution in [0.4, 0.5) is 0 Å². The van der Waals surface area contributed by atoms with Gasteiger partial charge in [-0.25, -0.2) is 0 Å². The first-order valence-corrected chi connectivity index (χ1v) is 6.51. The van der Waals surface area contributed by atoms with Crippen molar-refractivity contribution in [3.05, 3.63) is 0 Å². The van der Waals surface area contributed by atoms with Crippen LogP contribution in [0.1, 0.15) is 58.8 Å². The molecular formula is C13H24N2O. The second kappa shape index (κ2) is 4.02. The van der Waals surface area contributed by atoms with Crippen molar-refractivity contribution in [1.82, 2.24) is 5.32 Å². The van der Waals surface area contributed by atoms with Crippen LogP contribution in [0.2, 0.25) is 0 Å². The summed E-state index contributed by atoms with van der Waals surface area (Å²) >= 11 is 0. The zero-order valence-electron chi connectivity index (χ0n) is 10.5. The van der Waals surface area contributed by atoms with Crippen LogP contribution in [0.25, 0.3) is 0 Å². The summed E-state index contributed by atoms with van der Waals surface area (Å²) in [6.45, 7) is 4.57. The van der Waals surface area contributed by atoms with Crippen LogP contribution in [0.5, 0.6) is 0 Å². The summed E-state index contributed by atoms with van der Waals surface area (Å²) in [5, 5.41) is 3.15. The van der Waals surface area contributed by atoms with Crippen LogP contribution in [0, 0.1) is 5.41 Å². The Balaban J connectivity index is 1.87. The predicted octanol–water partition coefficient (Wildman–Crippen LogP) is 1.95. The molecule has 0 heterocycles. The van der Waals surface area contributed by atoms with Gasteiger partial charge in [-0.15, -0.1) is 0 Å². The van der Waals surface area contributed by atoms with Gasteiger partial charge in [-0.3, -0.25) is 4.79 Å². The summed E-state index contributed by atoms with van der Waals surface area (Å²) in [4.78, 5) is 12.0. The lowest BCUT2D eigenvalue weighted by molar-refractivity contribution is -0.130. The third-order valence-corrected chi connectivity index (χ3v) is 4.24. The van der Waals surface area contributed by atoms with Crippen molar-refractivity contribution in [2.75, 3.05) is 0 Å². The van der Waals surface area contributed by atoms with E-state index in [9.17, 15) is 4.79 Å². The van der Waals surface area contributed by atoms with Crippen molar-refractivity contribution < 1.29 is 4.79 Å². The largest absolute Gasteiger partial charge is 0.352 e. The van der Waals surface area contributed by atoms with Gasteiger partial charge in [0.05, 0.1) is 5.54 Å². The highest BCUT2D eigenvalue weighted by atomic mass is 16.2. The highest BCUT2D eigenvalue weighted by Gasteiger charge is 2.41. The van der Waals surface area contributed by atoms with E-state index in [1.54, 1.807) is 0 Å². The Bertz CT molecular complexity index is 282. The average Bonchev–Trinajstić information content (AvgIpc) is 2.12. The maximum Gasteiger partial charge on any atom is 0.240 e. The van der Waals surface area contributed by atoms with Gasteiger partial charge in [0.15, 0.2) is 0 Å². The summed E-state index contributed by atoms with van der Waals surface area (Å²) < 4.78 is 0. The smallest absolute Gasteiger partial charge is 0.240 e. The van der Waals surface area contributed by atoms with Crippen molar-refractivity contribution in [3.8, 4) is 0 Å². The molecule has 0 aromatic rings. The molecule has 0 saturated heterocycles. The molecule has 1 amide bonds. The van der Waals surface area contributed by atoms with Crippen LogP contribution < -0.4 is 11.1 Å². The van der Waals surface area contributed by atoms with E-state index in [1.165, 1.54) is 12.8 Å². The van der Waals surface area contributed by atoms with Crippen molar-refractivity contribution in [1.29, 1.82) is 0 Å². The van der Waals surface area contributed by atoms with Gasteiger partial charge in [0.2, 0.25) is 5.91 Å². The van der Waals surface area contributed by atoms with Gasteiger partial charge in [-0.1, -0.05) is 20.3 Å². The lowest BCUT2D eigenvalue weighted by Crippen LogP contribution is -2.60. The fourth-order valence-corrected chi connectivity index (χ4v) is 2.94. The quantitative estimate of drug-likeness (QED) is 0.753. The van der Waals surface area contributed by atoms with E-state index in [-0.39, 0.29) is 5.91 Å². The Morgan fingerprint density at radius 3 is 2.44 bits per heavy atom. The van der Waals surface area contributed by atoms with E-state index in [4.69, 9.17) is 5.73 Å². The van der Waals surface area contributed by atoms with Crippen LogP contribution in [-0.2, 0) is 4.79 Å². The van der Waals surface area contributed by atoms with Crippen molar-refractivity contribution in [2.45, 2.75) is 70.4 Å². The molecule has 16 heavy (non-hydrogen) atoms. The first kappa shape index (κ1) is 11.9. The summed E-state index contributed by atoms with van der Waals surface area (Å²) in [6.07, 6.45) is 7.51. The third-order valence-electron chi connectivity index (χ3n) is 4.24. The fourth-order valence-electron chi connectivity index (χ4n) is 2.94. The first-order chi connectivity index (χ1) is 7.41. The summed E-state index contributed by atoms with van der Waals surface area (Å²) in [6, 6.07) is 0.345. The van der Waals surface area contributed by atoms with Crippen molar-refractivity contribution >= 4 is 5.91 Å². The maximum absolute atomic E-state index is 12.0. The number of carbonyl (C=O) groups is 1. The number of nitrogens with two attached hydrogens (primary N) is 1. The predicted molar refractivity (Wildman–Crippen MR) is 64.9 cm³/mol. The lowest BCUT2D eigenvalue weighted by Gasteiger charge is -2.40. The highest BCUT2D eigenvalue weighted by Crippen LogP contribution is 2.36. The Labute approximate surface area is 98.2 Å². The van der Waals surface area contributed by atoms with Gasteiger partial charge in [-0.2, -0.15) is 0 Å². The fraction of sp³-hybridized carbons (Fsp3) is 0.923. The number of rotatable bonds is 2. The van der Waals surface area contributed by atoms with Crippen LogP contribution in [0.3, 0.4) is 0 Å². The Morgan fingerprint density at radius 2 is 1.94 bits per heavy atom. The van der Waals surface area contributed by atoms with Crippen molar-refractivity contribution in [2.24, 2.45) is 11.1 Å². The van der Waals surface area contributed by atoms with E-state index in [0.29, 0.717) is 11.5 Å². The number of hydrogen-bond acceptors (Lipinski definition) is 2. The topological polar surface area (TPSA) is 55.1 Å². The van der Waals surface area contributed by atoms with Crippen LogP contribution in [0.15, 0.2) is 0 Å². The summed E-state index contributed by atoms with van der Waals surface area (Å²) in [5.41, 5.74) is 5.85. The molecule has 0 aliphatic heterocycles. The van der Waals surface area contributed by atoms with Gasteiger partial charge in [0.1, 0.15) is 0 Å². The van der Waals surface area contributed by atoms with Crippen molar-refractivity contribution in [3.63, 3.8) is 0 Å². The lowest BCUT2D eigenvalue weighted by atomic mass is 9.73. The van der Waals surface area contributed by atoms with E-state index >= 15 is 0 Å². The molecular weight excluding hydrogens is 200 g/mol. The van der Waals surface area contributed by atoms with Gasteiger partial charge in [-0.05, 0) is 43.9 Å². The van der Waals surface area contributed by atoms with Crippen LogP contribution in [-0.4, -0.2) is 17.5 Å². The Morgan fingerprint density at radius 1 is 1.25 bits per heavy atom. The van der Waals surface area contributed by atoms with Gasteiger partial charge >= 0.3 is 0 Å². The summed E-state index contributed by atoms with van der Waals surface area (Å²) in [7, 11) is 0. The molecule has 0 bridgehead atoms. The second-order valence-corrected chi connectivity index (χ2v) is 6.44. The SMILES string of the molecule is CC1(C)CCCC(NC(=O)C2(N)CCC2)C1. The normalized spacial score (nSPS) is 31.6. The molecule has 92 valence electrons. The summed E-state index contributed by atoms with van der Waals surface area (Å²) in [5.74, 6) is 0.0847. The average molecular weight is 224 g/mol. The third kappa shape index (κ3) is 2.40. The number of hydrogen-bond donors (Lipinski definition) is 2. The Kier molecular flexibility index (Phi) is 2.99. The molecule has 1 atom stereocenters. The molecule has 3 N–H and O–H groups in total. The van der Waals surface area contributed by atoms with E-state index in [0.717, 1.165) is 32.1 Å². The van der Waals surface area contributed by atoms with Crippen LogP contribution >= 0.6 is 0 Å². The minimum absolute atomic E-state index is 0.0847. The molecule has 2 fully saturated rings. The second-order valence-electron chi connectivity index (χ2n) is 6.44. The van der Waals surface area contributed by atoms with E-state index < -0.39 is 5.54 Å². The molecule has 0 aromatic carbocycles. The molecule has 0 aromatic heterocycles. The number of carbonyl (C=O) groups excluding carboxylic acids is 1. The molecule has 2 rings (SSSR count). The molecule has 1 unspecified atom stereocenters. The number of nitrogens with one attached hydrogen (secondary N) is 1. The van der Waals surface area contributed by atoms with E-state index in [1.807, 2.05) is 0 Å². The minimum atomic E-state index is -0.540. The monoisotopic (exact) mass is 224 g/mol. The van der Waals surface area contributed by atoms with Gasteiger partial charge in [0, 0.05) is 6.04 Å². The number of amides is 1. The molecule has 3 nitrogen and oxygen atoms in total. The first-order valence-electron chi connectivity index (χ1n) is 6.51. The zero-order chi connectivity index (χ0) is 11.8. The van der Waals surface area contributed by atoms with E-state index in [2.05, 4.69) is 19.2 Å². The molecule has 0 radical (unpaired) electrons. The van der Waals surface area contributed by atoms with Gasteiger partial charge < -0.3 is 11.1 Å². The zero-order valence-corrected chi connectivity index (χ0v) is 10.5. The maximum atomic E-state index is 12.0. The molecule has 3 heteroatoms. The Hall–Kier alpha value is -0.570. The minimum Gasteiger partial charge on any atom is -0.352 e. The molecule has 2 aliphatic carbocycles.